The summed E-state index contributed by atoms with van der Waals surface area (Å²) in [5, 5.41) is 100. The predicted molar refractivity (Wildman–Crippen MR) is 106 cm³/mol. The molecule has 206 valence electrons. The monoisotopic (exact) mass is 518 g/mol. The van der Waals surface area contributed by atoms with Gasteiger partial charge in [0.15, 0.2) is 18.9 Å². The van der Waals surface area contributed by atoms with Crippen LogP contribution in [0.5, 0.6) is 0 Å². The zero-order valence-corrected chi connectivity index (χ0v) is 18.7. The van der Waals surface area contributed by atoms with Gasteiger partial charge in [0.1, 0.15) is 73.2 Å². The molecular weight excluding hydrogens is 484 g/mol. The average molecular weight is 518 g/mol. The van der Waals surface area contributed by atoms with Gasteiger partial charge in [0.25, 0.3) is 0 Å². The lowest BCUT2D eigenvalue weighted by Crippen LogP contribution is -2.65. The second kappa shape index (κ2) is 12.3. The van der Waals surface area contributed by atoms with E-state index in [1.165, 1.54) is 7.11 Å². The Balaban J connectivity index is 1.66. The van der Waals surface area contributed by atoms with Crippen LogP contribution in [0.15, 0.2) is 0 Å². The first-order valence-electron chi connectivity index (χ1n) is 11.0. The first kappa shape index (κ1) is 28.9. The van der Waals surface area contributed by atoms with Gasteiger partial charge < -0.3 is 79.5 Å². The number of hydrogen-bond acceptors (Lipinski definition) is 16. The normalized spacial score (nSPS) is 51.3. The third-order valence-electron chi connectivity index (χ3n) is 6.22. The maximum absolute atomic E-state index is 10.7. The molecule has 0 aromatic heterocycles. The largest absolute Gasteiger partial charge is 0.394 e. The number of aliphatic hydroxyl groups is 10. The highest BCUT2D eigenvalue weighted by Gasteiger charge is 2.51. The minimum Gasteiger partial charge on any atom is -0.394 e. The number of rotatable bonds is 8. The van der Waals surface area contributed by atoms with E-state index >= 15 is 0 Å². The van der Waals surface area contributed by atoms with Crippen molar-refractivity contribution in [2.45, 2.75) is 92.1 Å². The summed E-state index contributed by atoms with van der Waals surface area (Å²) in [6, 6.07) is 0. The van der Waals surface area contributed by atoms with Crippen LogP contribution >= 0.6 is 0 Å². The van der Waals surface area contributed by atoms with Gasteiger partial charge in [-0.15, -0.1) is 0 Å². The third-order valence-corrected chi connectivity index (χ3v) is 6.22. The molecule has 0 aliphatic carbocycles. The molecule has 3 fully saturated rings. The molecule has 0 aromatic rings. The van der Waals surface area contributed by atoms with E-state index in [0.29, 0.717) is 0 Å². The van der Waals surface area contributed by atoms with Crippen molar-refractivity contribution in [3.63, 3.8) is 0 Å². The molecule has 0 aromatic carbocycles. The van der Waals surface area contributed by atoms with Crippen LogP contribution in [0.1, 0.15) is 0 Å². The van der Waals surface area contributed by atoms with Gasteiger partial charge in [-0.1, -0.05) is 0 Å². The van der Waals surface area contributed by atoms with E-state index in [4.69, 9.17) is 28.4 Å². The van der Waals surface area contributed by atoms with Gasteiger partial charge in [0.2, 0.25) is 0 Å². The summed E-state index contributed by atoms with van der Waals surface area (Å²) in [4.78, 5) is 0. The molecule has 16 nitrogen and oxygen atoms in total. The fraction of sp³-hybridized carbons (Fsp3) is 1.00. The molecule has 0 unspecified atom stereocenters. The lowest BCUT2D eigenvalue weighted by molar-refractivity contribution is -0.362. The summed E-state index contributed by atoms with van der Waals surface area (Å²) < 4.78 is 31.4. The Labute approximate surface area is 199 Å². The molecule has 3 saturated heterocycles. The SMILES string of the molecule is COC[C@H]1O[C@H](O[C@@H]2[C@H](O)[C@H](O)O[C@H](CO[C@H]3O[C@H](CO)[C@@H](O)[C@H](O)[C@@H]3O)[C@H]2O)[C@@H](O)[C@@H](O)[C@@H]1O. The number of methoxy groups -OCH3 is 1. The summed E-state index contributed by atoms with van der Waals surface area (Å²) in [5.74, 6) is 0. The Bertz CT molecular complexity index is 654. The van der Waals surface area contributed by atoms with Gasteiger partial charge in [0, 0.05) is 7.11 Å². The standard InChI is InChI=1S/C19H34O16/c1-30-3-6-9(22)12(25)14(27)19(34-6)35-16-10(23)7(32-17(29)15(16)28)4-31-18-13(26)11(24)8(21)5(2-20)33-18/h5-29H,2-4H2,1H3/t5-,6-,7-,8-,9-,10-,11+,12+,13+,14+,15+,16+,17-,18+,19-/m1/s1. The lowest BCUT2D eigenvalue weighted by Gasteiger charge is -2.46. The Morgan fingerprint density at radius 3 is 1.71 bits per heavy atom. The molecule has 3 aliphatic heterocycles. The Hall–Kier alpha value is -0.640. The predicted octanol–water partition coefficient (Wildman–Crippen LogP) is -6.92. The van der Waals surface area contributed by atoms with Gasteiger partial charge >= 0.3 is 0 Å². The van der Waals surface area contributed by atoms with Crippen molar-refractivity contribution in [1.82, 2.24) is 0 Å². The molecule has 0 spiro atoms. The summed E-state index contributed by atoms with van der Waals surface area (Å²) in [7, 11) is 1.31. The minimum absolute atomic E-state index is 0.179. The second-order valence-electron chi connectivity index (χ2n) is 8.65. The molecule has 10 N–H and O–H groups in total. The zero-order chi connectivity index (χ0) is 26.0. The number of aliphatic hydroxyl groups excluding tert-OH is 10. The molecule has 3 rings (SSSR count). The third kappa shape index (κ3) is 6.10. The fourth-order valence-corrected chi connectivity index (χ4v) is 4.10. The Morgan fingerprint density at radius 2 is 1.11 bits per heavy atom. The quantitative estimate of drug-likeness (QED) is 0.143. The molecule has 16 heteroatoms. The highest BCUT2D eigenvalue weighted by molar-refractivity contribution is 4.94. The van der Waals surface area contributed by atoms with E-state index in [1.807, 2.05) is 0 Å². The van der Waals surface area contributed by atoms with Crippen LogP contribution in [-0.2, 0) is 28.4 Å². The Kier molecular flexibility index (Phi) is 10.1. The van der Waals surface area contributed by atoms with Crippen LogP contribution in [0.4, 0.5) is 0 Å². The van der Waals surface area contributed by atoms with E-state index < -0.39 is 105 Å². The Morgan fingerprint density at radius 1 is 0.571 bits per heavy atom. The van der Waals surface area contributed by atoms with Crippen LogP contribution in [0.2, 0.25) is 0 Å². The topological polar surface area (TPSA) is 258 Å². The molecule has 0 radical (unpaired) electrons. The van der Waals surface area contributed by atoms with Crippen molar-refractivity contribution in [1.29, 1.82) is 0 Å². The fourth-order valence-electron chi connectivity index (χ4n) is 4.10. The molecular formula is C19H34O16. The van der Waals surface area contributed by atoms with Gasteiger partial charge in [-0.3, -0.25) is 0 Å². The van der Waals surface area contributed by atoms with E-state index in [-0.39, 0.29) is 6.61 Å². The maximum atomic E-state index is 10.7. The van der Waals surface area contributed by atoms with E-state index in [1.54, 1.807) is 0 Å². The van der Waals surface area contributed by atoms with Crippen molar-refractivity contribution in [2.24, 2.45) is 0 Å². The minimum atomic E-state index is -1.90. The van der Waals surface area contributed by atoms with Gasteiger partial charge in [0.05, 0.1) is 19.8 Å². The molecule has 0 bridgehead atoms. The van der Waals surface area contributed by atoms with E-state index in [9.17, 15) is 51.1 Å². The maximum Gasteiger partial charge on any atom is 0.187 e. The molecule has 35 heavy (non-hydrogen) atoms. The van der Waals surface area contributed by atoms with Crippen LogP contribution in [0.25, 0.3) is 0 Å². The molecule has 0 saturated carbocycles. The second-order valence-corrected chi connectivity index (χ2v) is 8.65. The highest BCUT2D eigenvalue weighted by atomic mass is 16.7. The first-order chi connectivity index (χ1) is 16.5. The van der Waals surface area contributed by atoms with Crippen LogP contribution in [-0.4, -0.2) is 170 Å². The summed E-state index contributed by atoms with van der Waals surface area (Å²) in [6.45, 7) is -1.46. The van der Waals surface area contributed by atoms with Crippen LogP contribution in [0.3, 0.4) is 0 Å². The summed E-state index contributed by atoms with van der Waals surface area (Å²) in [5.41, 5.74) is 0. The number of hydrogen-bond donors (Lipinski definition) is 10. The number of ether oxygens (including phenoxy) is 6. The van der Waals surface area contributed by atoms with Crippen molar-refractivity contribution < 1.29 is 79.5 Å². The van der Waals surface area contributed by atoms with Crippen molar-refractivity contribution in [3.05, 3.63) is 0 Å². The van der Waals surface area contributed by atoms with E-state index in [0.717, 1.165) is 0 Å². The van der Waals surface area contributed by atoms with E-state index in [2.05, 4.69) is 0 Å². The van der Waals surface area contributed by atoms with Crippen LogP contribution in [0, 0.1) is 0 Å². The first-order valence-corrected chi connectivity index (χ1v) is 11.0. The van der Waals surface area contributed by atoms with Crippen LogP contribution < -0.4 is 0 Å². The lowest BCUT2D eigenvalue weighted by atomic mass is 9.97. The zero-order valence-electron chi connectivity index (χ0n) is 18.7. The molecule has 15 atom stereocenters. The smallest absolute Gasteiger partial charge is 0.187 e. The van der Waals surface area contributed by atoms with Crippen molar-refractivity contribution in [3.8, 4) is 0 Å². The molecule has 3 aliphatic rings. The summed E-state index contributed by atoms with van der Waals surface area (Å²) >= 11 is 0. The van der Waals surface area contributed by atoms with Crippen molar-refractivity contribution >= 4 is 0 Å². The molecule has 3 heterocycles. The van der Waals surface area contributed by atoms with Gasteiger partial charge in [-0.2, -0.15) is 0 Å². The van der Waals surface area contributed by atoms with Crippen molar-refractivity contribution in [2.75, 3.05) is 26.9 Å². The summed E-state index contributed by atoms with van der Waals surface area (Å²) in [6.07, 6.45) is -24.2. The average Bonchev–Trinajstić information content (AvgIpc) is 2.84. The van der Waals surface area contributed by atoms with Gasteiger partial charge in [-0.25, -0.2) is 0 Å². The molecule has 0 amide bonds. The highest BCUT2D eigenvalue weighted by Crippen LogP contribution is 2.30. The van der Waals surface area contributed by atoms with Gasteiger partial charge in [-0.05, 0) is 0 Å².